The van der Waals surface area contributed by atoms with Crippen molar-refractivity contribution in [3.05, 3.63) is 69.3 Å². The minimum atomic E-state index is -0.291. The second-order valence-corrected chi connectivity index (χ2v) is 8.92. The largest absolute Gasteiger partial charge is 0.396 e. The van der Waals surface area contributed by atoms with Crippen LogP contribution in [0.15, 0.2) is 42.5 Å². The number of rotatable bonds is 6. The Hall–Kier alpha value is -2.86. The Morgan fingerprint density at radius 3 is 2.60 bits per heavy atom. The number of unbranched alkanes of at least 4 members (excludes halogenated alkanes) is 1. The van der Waals surface area contributed by atoms with E-state index in [2.05, 4.69) is 22.4 Å². The topological polar surface area (TPSA) is 79.6 Å². The Labute approximate surface area is 214 Å². The number of halogens is 2. The quantitative estimate of drug-likeness (QED) is 0.381. The lowest BCUT2D eigenvalue weighted by atomic mass is 10.0. The Kier molecular flexibility index (Phi) is 8.45. The van der Waals surface area contributed by atoms with Gasteiger partial charge in [-0.15, -0.1) is 0 Å². The summed E-state index contributed by atoms with van der Waals surface area (Å²) in [6.07, 6.45) is 1.29. The molecule has 0 radical (unpaired) electrons. The standard InChI is InChI=1S/C26H26Cl2N4O3/c1-18-24(26(34)30-31-12-15-35-16-13-31)29-32(23-11-10-21(27)17-22(23)28)25(18)20-8-6-19(7-9-20)5-3-2-4-14-33/h6-11,17,33H,2,4,12-16H2,1H3,(H,30,34). The molecule has 1 amide bonds. The second kappa shape index (κ2) is 11.7. The smallest absolute Gasteiger partial charge is 0.286 e. The molecular weight excluding hydrogens is 487 g/mol. The van der Waals surface area contributed by atoms with Crippen molar-refractivity contribution in [1.29, 1.82) is 0 Å². The number of amides is 1. The minimum absolute atomic E-state index is 0.131. The number of morpholine rings is 1. The summed E-state index contributed by atoms with van der Waals surface area (Å²) >= 11 is 12.6. The third-order valence-electron chi connectivity index (χ3n) is 5.60. The van der Waals surface area contributed by atoms with Gasteiger partial charge < -0.3 is 9.84 Å². The SMILES string of the molecule is Cc1c(C(=O)NN2CCOCC2)nn(-c2ccc(Cl)cc2Cl)c1-c1ccc(C#CCCCO)cc1. The summed E-state index contributed by atoms with van der Waals surface area (Å²) in [6.45, 7) is 4.36. The van der Waals surface area contributed by atoms with E-state index in [1.165, 1.54) is 0 Å². The zero-order valence-corrected chi connectivity index (χ0v) is 20.9. The number of ether oxygens (including phenoxy) is 1. The number of benzene rings is 2. The van der Waals surface area contributed by atoms with Gasteiger partial charge in [0.1, 0.15) is 0 Å². The highest BCUT2D eigenvalue weighted by Gasteiger charge is 2.25. The van der Waals surface area contributed by atoms with Crippen LogP contribution in [-0.2, 0) is 4.74 Å². The molecular formula is C26H26Cl2N4O3. The fourth-order valence-corrected chi connectivity index (χ4v) is 4.28. The highest BCUT2D eigenvalue weighted by Crippen LogP contribution is 2.32. The van der Waals surface area contributed by atoms with Gasteiger partial charge in [-0.2, -0.15) is 5.10 Å². The van der Waals surface area contributed by atoms with Gasteiger partial charge in [-0.1, -0.05) is 47.2 Å². The molecule has 2 heterocycles. The lowest BCUT2D eigenvalue weighted by Gasteiger charge is -2.26. The van der Waals surface area contributed by atoms with E-state index in [1.54, 1.807) is 22.9 Å². The maximum Gasteiger partial charge on any atom is 0.286 e. The molecule has 182 valence electrons. The third kappa shape index (κ3) is 6.04. The van der Waals surface area contributed by atoms with E-state index in [0.29, 0.717) is 60.6 Å². The number of carbonyl (C=O) groups is 1. The zero-order chi connectivity index (χ0) is 24.8. The molecule has 2 N–H and O–H groups in total. The molecule has 0 unspecified atom stereocenters. The van der Waals surface area contributed by atoms with Crippen LogP contribution in [0.2, 0.25) is 10.0 Å². The lowest BCUT2D eigenvalue weighted by Crippen LogP contribution is -2.48. The summed E-state index contributed by atoms with van der Waals surface area (Å²) in [5.74, 6) is 5.87. The molecule has 3 aromatic rings. The number of hydrogen-bond acceptors (Lipinski definition) is 5. The number of hydrogen-bond donors (Lipinski definition) is 2. The molecule has 0 aliphatic carbocycles. The zero-order valence-electron chi connectivity index (χ0n) is 19.4. The van der Waals surface area contributed by atoms with Gasteiger partial charge in [0.15, 0.2) is 5.69 Å². The van der Waals surface area contributed by atoms with Crippen molar-refractivity contribution in [2.24, 2.45) is 0 Å². The van der Waals surface area contributed by atoms with E-state index < -0.39 is 0 Å². The molecule has 1 aromatic heterocycles. The summed E-state index contributed by atoms with van der Waals surface area (Å²) < 4.78 is 7.04. The number of nitrogens with zero attached hydrogens (tertiary/aromatic N) is 3. The van der Waals surface area contributed by atoms with E-state index >= 15 is 0 Å². The lowest BCUT2D eigenvalue weighted by molar-refractivity contribution is 0.0124. The Bertz CT molecular complexity index is 1260. The van der Waals surface area contributed by atoms with Crippen molar-refractivity contribution >= 4 is 29.1 Å². The van der Waals surface area contributed by atoms with Gasteiger partial charge in [0.05, 0.1) is 29.6 Å². The van der Waals surface area contributed by atoms with Crippen LogP contribution < -0.4 is 5.43 Å². The molecule has 35 heavy (non-hydrogen) atoms. The van der Waals surface area contributed by atoms with Gasteiger partial charge in [0.25, 0.3) is 5.91 Å². The molecule has 1 aliphatic rings. The molecule has 0 bridgehead atoms. The van der Waals surface area contributed by atoms with Crippen LogP contribution in [0.4, 0.5) is 0 Å². The maximum atomic E-state index is 13.2. The number of nitrogens with one attached hydrogen (secondary N) is 1. The molecule has 1 saturated heterocycles. The summed E-state index contributed by atoms with van der Waals surface area (Å²) in [7, 11) is 0. The van der Waals surface area contributed by atoms with Crippen molar-refractivity contribution < 1.29 is 14.6 Å². The first-order valence-electron chi connectivity index (χ1n) is 11.4. The minimum Gasteiger partial charge on any atom is -0.396 e. The van der Waals surface area contributed by atoms with Crippen molar-refractivity contribution in [2.45, 2.75) is 19.8 Å². The highest BCUT2D eigenvalue weighted by molar-refractivity contribution is 6.35. The molecule has 4 rings (SSSR count). The molecule has 1 fully saturated rings. The summed E-state index contributed by atoms with van der Waals surface area (Å²) in [6, 6.07) is 12.9. The first kappa shape index (κ1) is 25.2. The Balaban J connectivity index is 1.72. The predicted octanol–water partition coefficient (Wildman–Crippen LogP) is 4.26. The monoisotopic (exact) mass is 512 g/mol. The van der Waals surface area contributed by atoms with Crippen LogP contribution in [0.5, 0.6) is 0 Å². The maximum absolute atomic E-state index is 13.2. The highest BCUT2D eigenvalue weighted by atomic mass is 35.5. The van der Waals surface area contributed by atoms with Crippen LogP contribution in [0.25, 0.3) is 16.9 Å². The van der Waals surface area contributed by atoms with Crippen molar-refractivity contribution in [3.8, 4) is 28.8 Å². The normalized spacial score (nSPS) is 13.8. The van der Waals surface area contributed by atoms with Gasteiger partial charge in [-0.3, -0.25) is 10.2 Å². The first-order chi connectivity index (χ1) is 17.0. The van der Waals surface area contributed by atoms with E-state index in [0.717, 1.165) is 22.4 Å². The molecule has 0 atom stereocenters. The number of aliphatic hydroxyl groups is 1. The average molecular weight is 513 g/mol. The van der Waals surface area contributed by atoms with E-state index in [9.17, 15) is 4.79 Å². The predicted molar refractivity (Wildman–Crippen MR) is 137 cm³/mol. The molecule has 7 nitrogen and oxygen atoms in total. The molecule has 1 aliphatic heterocycles. The molecule has 0 saturated carbocycles. The summed E-state index contributed by atoms with van der Waals surface area (Å²) in [5, 5.41) is 16.4. The van der Waals surface area contributed by atoms with E-state index in [1.807, 2.05) is 36.2 Å². The summed E-state index contributed by atoms with van der Waals surface area (Å²) in [4.78, 5) is 13.2. The van der Waals surface area contributed by atoms with E-state index in [-0.39, 0.29) is 12.5 Å². The third-order valence-corrected chi connectivity index (χ3v) is 6.13. The van der Waals surface area contributed by atoms with Gasteiger partial charge in [0.2, 0.25) is 0 Å². The fourth-order valence-electron chi connectivity index (χ4n) is 3.79. The van der Waals surface area contributed by atoms with Gasteiger partial charge >= 0.3 is 0 Å². The fraction of sp³-hybridized carbons (Fsp3) is 0.308. The van der Waals surface area contributed by atoms with Crippen LogP contribution in [0.1, 0.15) is 34.5 Å². The van der Waals surface area contributed by atoms with Gasteiger partial charge in [-0.05, 0) is 43.7 Å². The number of hydrazine groups is 1. The number of aromatic nitrogens is 2. The van der Waals surface area contributed by atoms with Crippen LogP contribution in [-0.4, -0.2) is 58.7 Å². The molecule has 0 spiro atoms. The van der Waals surface area contributed by atoms with E-state index in [4.69, 9.17) is 33.0 Å². The van der Waals surface area contributed by atoms with Gasteiger partial charge in [-0.25, -0.2) is 9.69 Å². The van der Waals surface area contributed by atoms with Crippen molar-refractivity contribution in [2.75, 3.05) is 32.9 Å². The van der Waals surface area contributed by atoms with Crippen molar-refractivity contribution in [1.82, 2.24) is 20.2 Å². The van der Waals surface area contributed by atoms with Crippen LogP contribution >= 0.6 is 23.2 Å². The number of aliphatic hydroxyl groups excluding tert-OH is 1. The van der Waals surface area contributed by atoms with Crippen LogP contribution in [0, 0.1) is 18.8 Å². The Morgan fingerprint density at radius 1 is 1.17 bits per heavy atom. The molecule has 9 heteroatoms. The van der Waals surface area contributed by atoms with Crippen LogP contribution in [0.3, 0.4) is 0 Å². The first-order valence-corrected chi connectivity index (χ1v) is 12.1. The van der Waals surface area contributed by atoms with Crippen molar-refractivity contribution in [3.63, 3.8) is 0 Å². The number of carbonyl (C=O) groups excluding carboxylic acids is 1. The van der Waals surface area contributed by atoms with Gasteiger partial charge in [0, 0.05) is 47.8 Å². The second-order valence-electron chi connectivity index (χ2n) is 8.08. The average Bonchev–Trinajstić information content (AvgIpc) is 3.19. The summed E-state index contributed by atoms with van der Waals surface area (Å²) in [5.41, 5.74) is 7.07. The Morgan fingerprint density at radius 2 is 1.91 bits per heavy atom. The molecule has 2 aromatic carbocycles.